The van der Waals surface area contributed by atoms with Crippen LogP contribution in [0.4, 0.5) is 0 Å². The van der Waals surface area contributed by atoms with Gasteiger partial charge in [-0.2, -0.15) is 0 Å². The topological polar surface area (TPSA) is 0 Å². The summed E-state index contributed by atoms with van der Waals surface area (Å²) in [5.74, 6) is 0. The molecule has 0 N–H and O–H groups in total. The zero-order chi connectivity index (χ0) is 13.1. The Bertz CT molecular complexity index is 809. The van der Waals surface area contributed by atoms with E-state index in [4.69, 9.17) is 0 Å². The first-order valence-corrected chi connectivity index (χ1v) is 14.2. The first-order valence-electron chi connectivity index (χ1n) is 6.40. The number of halogens is 2. The summed E-state index contributed by atoms with van der Waals surface area (Å²) in [5.41, 5.74) is 3.40. The Morgan fingerprint density at radius 2 is 1.80 bits per heavy atom. The van der Waals surface area contributed by atoms with Crippen molar-refractivity contribution in [1.82, 2.24) is 0 Å². The molecule has 104 valence electrons. The van der Waals surface area contributed by atoms with Crippen molar-refractivity contribution in [2.75, 3.05) is 4.43 Å². The molecule has 0 saturated heterocycles. The molecule has 0 aromatic carbocycles. The van der Waals surface area contributed by atoms with Gasteiger partial charge in [0.25, 0.3) is 0 Å². The molecule has 0 atom stereocenters. The number of thiophene rings is 3. The van der Waals surface area contributed by atoms with Crippen LogP contribution < -0.4 is 42.4 Å². The third-order valence-electron chi connectivity index (χ3n) is 3.66. The monoisotopic (exact) mass is 540 g/mol. The molecule has 5 heteroatoms. The maximum absolute atomic E-state index is 2.38. The van der Waals surface area contributed by atoms with Crippen LogP contribution in [0.3, 0.4) is 0 Å². The third kappa shape index (κ3) is 1.85. The Balaban J connectivity index is 1.81. The van der Waals surface area contributed by atoms with Gasteiger partial charge in [-0.05, 0) is 0 Å². The Morgan fingerprint density at radius 3 is 2.80 bits per heavy atom. The van der Waals surface area contributed by atoms with E-state index in [-0.39, 0.29) is 42.4 Å². The number of hydrogen-bond acceptors (Lipinski definition) is 3. The average molecular weight is 540 g/mol. The zero-order valence-corrected chi connectivity index (χ0v) is 17.2. The van der Waals surface area contributed by atoms with Gasteiger partial charge in [-0.25, -0.2) is 0 Å². The van der Waals surface area contributed by atoms with Gasteiger partial charge in [-0.3, -0.25) is 0 Å². The van der Waals surface area contributed by atoms with Crippen LogP contribution >= 0.6 is 34.0 Å². The van der Waals surface area contributed by atoms with Gasteiger partial charge in [0, 0.05) is 0 Å². The summed E-state index contributed by atoms with van der Waals surface area (Å²) in [4.78, 5) is 6.54. The molecule has 0 unspecified atom stereocenters. The second kappa shape index (κ2) is 5.04. The summed E-state index contributed by atoms with van der Waals surface area (Å²) in [6, 6.07) is 4.74. The molecule has 5 rings (SSSR count). The van der Waals surface area contributed by atoms with Crippen molar-refractivity contribution in [1.29, 1.82) is 0 Å². The predicted octanol–water partition coefficient (Wildman–Crippen LogP) is -1.21. The van der Waals surface area contributed by atoms with Gasteiger partial charge in [0.2, 0.25) is 0 Å². The molecule has 2 aliphatic rings. The van der Waals surface area contributed by atoms with E-state index in [0.29, 0.717) is 0 Å². The van der Waals surface area contributed by atoms with Crippen LogP contribution in [0.25, 0.3) is 19.5 Å². The fourth-order valence-corrected chi connectivity index (χ4v) is 14.8. The molecule has 3 aromatic heterocycles. The van der Waals surface area contributed by atoms with Gasteiger partial charge >= 0.3 is 152 Å². The van der Waals surface area contributed by atoms with Gasteiger partial charge in [0.1, 0.15) is 0 Å². The number of alkyl halides is 2. The standard InChI is InChI=1S/C15H10I2S3/c1-4-16-11-9-7-17-10-3-6-19-14(10)13(9)20-15(11)12-8(1)2-5-18-12/h2-3,5-6H,1,4,7H2/q-2. The van der Waals surface area contributed by atoms with E-state index in [1.165, 1.54) is 15.3 Å². The zero-order valence-electron chi connectivity index (χ0n) is 10.4. The fourth-order valence-electron chi connectivity index (χ4n) is 2.71. The van der Waals surface area contributed by atoms with E-state index in [0.717, 1.165) is 0 Å². The Hall–Kier alpha value is 0.560. The molecule has 0 amide bonds. The number of fused-ring (bicyclic) bond motifs is 7. The van der Waals surface area contributed by atoms with Crippen LogP contribution in [-0.4, -0.2) is 4.43 Å². The Labute approximate surface area is 150 Å². The van der Waals surface area contributed by atoms with Crippen molar-refractivity contribution in [3.63, 3.8) is 0 Å². The third-order valence-corrected chi connectivity index (χ3v) is 13.7. The van der Waals surface area contributed by atoms with E-state index in [1.54, 1.807) is 34.2 Å². The van der Waals surface area contributed by atoms with Crippen molar-refractivity contribution in [2.24, 2.45) is 0 Å². The average Bonchev–Trinajstić information content (AvgIpc) is 3.14. The van der Waals surface area contributed by atoms with E-state index in [2.05, 4.69) is 34.2 Å². The number of hydrogen-bond donors (Lipinski definition) is 0. The first-order chi connectivity index (χ1) is 9.92. The second-order valence-corrected chi connectivity index (χ2v) is 13.2. The molecule has 2 aliphatic heterocycles. The van der Waals surface area contributed by atoms with Crippen LogP contribution in [0.15, 0.2) is 22.9 Å². The first kappa shape index (κ1) is 13.0. The fraction of sp³-hybridized carbons (Fsp3) is 0.200. The summed E-state index contributed by atoms with van der Waals surface area (Å²) in [6.45, 7) is 0. The molecule has 0 saturated carbocycles. The van der Waals surface area contributed by atoms with Crippen LogP contribution in [-0.2, 0) is 10.8 Å². The molecule has 3 aromatic rings. The van der Waals surface area contributed by atoms with E-state index in [1.807, 2.05) is 26.2 Å². The predicted molar refractivity (Wildman–Crippen MR) is 80.6 cm³/mol. The molecule has 0 bridgehead atoms. The van der Waals surface area contributed by atoms with E-state index >= 15 is 0 Å². The van der Waals surface area contributed by atoms with Crippen molar-refractivity contribution in [3.05, 3.63) is 41.2 Å². The Morgan fingerprint density at radius 1 is 0.900 bits per heavy atom. The van der Waals surface area contributed by atoms with Crippen LogP contribution in [0.5, 0.6) is 0 Å². The summed E-state index contributed by atoms with van der Waals surface area (Å²) in [6.07, 6.45) is 1.32. The summed E-state index contributed by atoms with van der Waals surface area (Å²) in [5, 5.41) is 4.59. The molecular formula is C15H10I2S3-2. The molecule has 0 fully saturated rings. The van der Waals surface area contributed by atoms with Crippen LogP contribution in [0.1, 0.15) is 11.1 Å². The van der Waals surface area contributed by atoms with Crippen molar-refractivity contribution < 1.29 is 42.4 Å². The molecule has 20 heavy (non-hydrogen) atoms. The second-order valence-electron chi connectivity index (χ2n) is 4.77. The van der Waals surface area contributed by atoms with Gasteiger partial charge < -0.3 is 0 Å². The SMILES string of the molecule is c1cc2c(s1)-c1sc3c(c1[I-]CC2)C[I-]c1ccsc1-3. The number of aryl methyl sites for hydroxylation is 1. The minimum absolute atomic E-state index is 0.225. The van der Waals surface area contributed by atoms with Crippen molar-refractivity contribution in [3.8, 4) is 19.5 Å². The quantitative estimate of drug-likeness (QED) is 0.248. The van der Waals surface area contributed by atoms with Gasteiger partial charge in [-0.15, -0.1) is 0 Å². The normalized spacial score (nSPS) is 16.8. The van der Waals surface area contributed by atoms with Crippen LogP contribution in [0.2, 0.25) is 0 Å². The van der Waals surface area contributed by atoms with Crippen LogP contribution in [0, 0.1) is 7.14 Å². The van der Waals surface area contributed by atoms with E-state index in [9.17, 15) is 0 Å². The molecule has 0 spiro atoms. The summed E-state index contributed by atoms with van der Waals surface area (Å²) in [7, 11) is 0. The van der Waals surface area contributed by atoms with Crippen molar-refractivity contribution in [2.45, 2.75) is 10.8 Å². The van der Waals surface area contributed by atoms with Gasteiger partial charge in [0.15, 0.2) is 0 Å². The minimum atomic E-state index is 0.225. The number of rotatable bonds is 0. The maximum atomic E-state index is 2.38. The van der Waals surface area contributed by atoms with Gasteiger partial charge in [0.05, 0.1) is 0 Å². The van der Waals surface area contributed by atoms with E-state index < -0.39 is 0 Å². The molecule has 0 nitrogen and oxygen atoms in total. The molecular weight excluding hydrogens is 530 g/mol. The summed E-state index contributed by atoms with van der Waals surface area (Å²) < 4.78 is 6.35. The molecule has 0 radical (unpaired) electrons. The molecule has 0 aliphatic carbocycles. The molecule has 5 heterocycles. The van der Waals surface area contributed by atoms with Crippen molar-refractivity contribution >= 4 is 34.0 Å². The van der Waals surface area contributed by atoms with Gasteiger partial charge in [-0.1, -0.05) is 0 Å². The summed E-state index contributed by atoms with van der Waals surface area (Å²) >= 11 is 6.51. The Kier molecular flexibility index (Phi) is 3.29.